The molecule has 3 aromatic rings. The predicted octanol–water partition coefficient (Wildman–Crippen LogP) is 3.26. The Morgan fingerprint density at radius 3 is 2.76 bits per heavy atom. The second-order valence-corrected chi connectivity index (χ2v) is 7.38. The van der Waals surface area contributed by atoms with Crippen LogP contribution in [0.3, 0.4) is 0 Å². The van der Waals surface area contributed by atoms with Crippen LogP contribution in [0.5, 0.6) is 0 Å². The van der Waals surface area contributed by atoms with Crippen molar-refractivity contribution in [2.24, 2.45) is 0 Å². The SMILES string of the molecule is O=C(NCc1ccccc1Cn1ccnc1)[C@@H]1Cc2ccccc2S1. The van der Waals surface area contributed by atoms with Crippen LogP contribution in [0.2, 0.25) is 0 Å². The van der Waals surface area contributed by atoms with Crippen LogP contribution in [0.1, 0.15) is 16.7 Å². The summed E-state index contributed by atoms with van der Waals surface area (Å²) >= 11 is 1.66. The molecule has 25 heavy (non-hydrogen) atoms. The van der Waals surface area contributed by atoms with Crippen molar-refractivity contribution in [1.82, 2.24) is 14.9 Å². The van der Waals surface area contributed by atoms with E-state index in [9.17, 15) is 4.79 Å². The highest BCUT2D eigenvalue weighted by Gasteiger charge is 2.27. The molecule has 1 amide bonds. The van der Waals surface area contributed by atoms with Crippen LogP contribution >= 0.6 is 11.8 Å². The Balaban J connectivity index is 1.40. The topological polar surface area (TPSA) is 46.9 Å². The summed E-state index contributed by atoms with van der Waals surface area (Å²) in [6.07, 6.45) is 6.34. The normalized spacial score (nSPS) is 15.8. The molecule has 4 nitrogen and oxygen atoms in total. The average molecular weight is 349 g/mol. The maximum Gasteiger partial charge on any atom is 0.234 e. The van der Waals surface area contributed by atoms with Crippen molar-refractivity contribution in [3.63, 3.8) is 0 Å². The number of fused-ring (bicyclic) bond motifs is 1. The van der Waals surface area contributed by atoms with Gasteiger partial charge >= 0.3 is 0 Å². The Kier molecular flexibility index (Phi) is 4.57. The molecule has 1 aliphatic heterocycles. The van der Waals surface area contributed by atoms with E-state index in [4.69, 9.17) is 0 Å². The molecule has 0 saturated heterocycles. The number of carbonyl (C=O) groups excluding carboxylic acids is 1. The van der Waals surface area contributed by atoms with Crippen molar-refractivity contribution < 1.29 is 4.79 Å². The lowest BCUT2D eigenvalue weighted by Crippen LogP contribution is -2.32. The van der Waals surface area contributed by atoms with Crippen LogP contribution in [-0.4, -0.2) is 20.7 Å². The van der Waals surface area contributed by atoms with E-state index >= 15 is 0 Å². The van der Waals surface area contributed by atoms with Crippen LogP contribution < -0.4 is 5.32 Å². The lowest BCUT2D eigenvalue weighted by molar-refractivity contribution is -0.120. The zero-order valence-corrected chi connectivity index (χ0v) is 14.6. The second-order valence-electron chi connectivity index (χ2n) is 6.14. The molecule has 1 atom stereocenters. The molecule has 0 saturated carbocycles. The number of rotatable bonds is 5. The van der Waals surface area contributed by atoms with Crippen molar-refractivity contribution in [3.05, 3.63) is 83.9 Å². The third-order valence-corrected chi connectivity index (χ3v) is 5.74. The fourth-order valence-corrected chi connectivity index (χ4v) is 4.31. The number of hydrogen-bond donors (Lipinski definition) is 1. The molecule has 1 aromatic heterocycles. The molecule has 0 radical (unpaired) electrons. The van der Waals surface area contributed by atoms with Gasteiger partial charge in [-0.25, -0.2) is 4.98 Å². The molecule has 0 spiro atoms. The van der Waals surface area contributed by atoms with Crippen molar-refractivity contribution in [2.45, 2.75) is 29.7 Å². The number of nitrogens with zero attached hydrogens (tertiary/aromatic N) is 2. The minimum Gasteiger partial charge on any atom is -0.351 e. The highest BCUT2D eigenvalue weighted by Crippen LogP contribution is 2.36. The molecule has 0 bridgehead atoms. The summed E-state index contributed by atoms with van der Waals surface area (Å²) < 4.78 is 2.03. The molecule has 0 fully saturated rings. The van der Waals surface area contributed by atoms with Crippen molar-refractivity contribution in [1.29, 1.82) is 0 Å². The van der Waals surface area contributed by atoms with Gasteiger partial charge in [0.15, 0.2) is 0 Å². The van der Waals surface area contributed by atoms with Crippen LogP contribution in [0.25, 0.3) is 0 Å². The quantitative estimate of drug-likeness (QED) is 0.769. The van der Waals surface area contributed by atoms with Crippen LogP contribution in [0.15, 0.2) is 72.1 Å². The van der Waals surface area contributed by atoms with E-state index in [0.717, 1.165) is 18.5 Å². The summed E-state index contributed by atoms with van der Waals surface area (Å²) in [6.45, 7) is 1.31. The van der Waals surface area contributed by atoms with Gasteiger partial charge in [-0.1, -0.05) is 42.5 Å². The van der Waals surface area contributed by atoms with E-state index in [1.807, 2.05) is 41.4 Å². The standard InChI is InChI=1S/C20H19N3OS/c24-20(19-11-15-5-3-4-8-18(15)25-19)22-12-16-6-1-2-7-17(16)13-23-10-9-21-14-23/h1-10,14,19H,11-13H2,(H,22,24)/t19-/m0/s1. The minimum atomic E-state index is -0.0294. The Morgan fingerprint density at radius 1 is 1.16 bits per heavy atom. The first kappa shape index (κ1) is 16.0. The molecular weight excluding hydrogens is 330 g/mol. The number of carbonyl (C=O) groups is 1. The number of benzene rings is 2. The number of imidazole rings is 1. The van der Waals surface area contributed by atoms with Gasteiger partial charge in [0.1, 0.15) is 0 Å². The van der Waals surface area contributed by atoms with Crippen LogP contribution in [-0.2, 0) is 24.3 Å². The van der Waals surface area contributed by atoms with E-state index in [2.05, 4.69) is 34.6 Å². The predicted molar refractivity (Wildman–Crippen MR) is 99.4 cm³/mol. The zero-order chi connectivity index (χ0) is 17.1. The Hall–Kier alpha value is -2.53. The molecule has 1 N–H and O–H groups in total. The lowest BCUT2D eigenvalue weighted by Gasteiger charge is -2.13. The lowest BCUT2D eigenvalue weighted by atomic mass is 10.1. The summed E-state index contributed by atoms with van der Waals surface area (Å²) in [4.78, 5) is 17.9. The summed E-state index contributed by atoms with van der Waals surface area (Å²) in [5.74, 6) is 0.110. The van der Waals surface area contributed by atoms with E-state index in [1.54, 1.807) is 18.0 Å². The van der Waals surface area contributed by atoms with Crippen LogP contribution in [0.4, 0.5) is 0 Å². The van der Waals surface area contributed by atoms with Crippen molar-refractivity contribution in [3.8, 4) is 0 Å². The highest BCUT2D eigenvalue weighted by molar-refractivity contribution is 8.01. The third-order valence-electron chi connectivity index (χ3n) is 4.42. The summed E-state index contributed by atoms with van der Waals surface area (Å²) in [6, 6.07) is 16.5. The highest BCUT2D eigenvalue weighted by atomic mass is 32.2. The van der Waals surface area contributed by atoms with Gasteiger partial charge in [-0.05, 0) is 29.2 Å². The van der Waals surface area contributed by atoms with Crippen LogP contribution in [0, 0.1) is 0 Å². The van der Waals surface area contributed by atoms with Gasteiger partial charge < -0.3 is 9.88 Å². The number of amides is 1. The van der Waals surface area contributed by atoms with Gasteiger partial charge in [-0.2, -0.15) is 0 Å². The Morgan fingerprint density at radius 2 is 1.96 bits per heavy atom. The monoisotopic (exact) mass is 349 g/mol. The average Bonchev–Trinajstić information content (AvgIpc) is 3.30. The molecule has 4 rings (SSSR count). The van der Waals surface area contributed by atoms with E-state index < -0.39 is 0 Å². The van der Waals surface area contributed by atoms with E-state index in [1.165, 1.54) is 16.0 Å². The summed E-state index contributed by atoms with van der Waals surface area (Å²) in [7, 11) is 0. The Bertz CT molecular complexity index is 851. The maximum absolute atomic E-state index is 12.6. The molecule has 2 aromatic carbocycles. The second kappa shape index (κ2) is 7.15. The fourth-order valence-electron chi connectivity index (χ4n) is 3.09. The van der Waals surface area contributed by atoms with Gasteiger partial charge in [0.25, 0.3) is 0 Å². The van der Waals surface area contributed by atoms with Gasteiger partial charge in [-0.15, -0.1) is 11.8 Å². The molecule has 0 unspecified atom stereocenters. The number of aromatic nitrogens is 2. The van der Waals surface area contributed by atoms with Crippen molar-refractivity contribution in [2.75, 3.05) is 0 Å². The van der Waals surface area contributed by atoms with Gasteiger partial charge in [0, 0.05) is 30.4 Å². The molecule has 126 valence electrons. The maximum atomic E-state index is 12.6. The first-order chi connectivity index (χ1) is 12.3. The fraction of sp³-hybridized carbons (Fsp3) is 0.200. The first-order valence-corrected chi connectivity index (χ1v) is 9.22. The number of nitrogens with one attached hydrogen (secondary N) is 1. The van der Waals surface area contributed by atoms with Gasteiger partial charge in [-0.3, -0.25) is 4.79 Å². The van der Waals surface area contributed by atoms with Gasteiger partial charge in [0.2, 0.25) is 5.91 Å². The molecule has 0 aliphatic carbocycles. The molecule has 2 heterocycles. The van der Waals surface area contributed by atoms with Gasteiger partial charge in [0.05, 0.1) is 11.6 Å². The summed E-state index contributed by atoms with van der Waals surface area (Å²) in [5.41, 5.74) is 3.61. The smallest absolute Gasteiger partial charge is 0.234 e. The molecular formula is C20H19N3OS. The summed E-state index contributed by atoms with van der Waals surface area (Å²) in [5, 5.41) is 3.08. The van der Waals surface area contributed by atoms with E-state index in [-0.39, 0.29) is 11.2 Å². The van der Waals surface area contributed by atoms with E-state index in [0.29, 0.717) is 6.54 Å². The largest absolute Gasteiger partial charge is 0.351 e. The zero-order valence-electron chi connectivity index (χ0n) is 13.8. The minimum absolute atomic E-state index is 0.0294. The third kappa shape index (κ3) is 3.61. The number of hydrogen-bond acceptors (Lipinski definition) is 3. The van der Waals surface area contributed by atoms with Crippen molar-refractivity contribution >= 4 is 17.7 Å². The molecule has 1 aliphatic rings. The number of thioether (sulfide) groups is 1. The Labute approximate surface area is 151 Å². The molecule has 5 heteroatoms. The first-order valence-electron chi connectivity index (χ1n) is 8.34.